The molecule has 4 nitrogen and oxygen atoms in total. The van der Waals surface area contributed by atoms with Crippen molar-refractivity contribution >= 4 is 45.7 Å². The first-order valence-corrected chi connectivity index (χ1v) is 10.8. The van der Waals surface area contributed by atoms with Gasteiger partial charge in [0.1, 0.15) is 0 Å². The monoisotopic (exact) mass is 416 g/mol. The highest BCUT2D eigenvalue weighted by atomic mass is 35.5. The van der Waals surface area contributed by atoms with Crippen molar-refractivity contribution in [3.8, 4) is 0 Å². The van der Waals surface area contributed by atoms with Crippen molar-refractivity contribution in [2.75, 3.05) is 23.1 Å². The van der Waals surface area contributed by atoms with E-state index in [9.17, 15) is 0 Å². The van der Waals surface area contributed by atoms with Gasteiger partial charge in [0.15, 0.2) is 5.13 Å². The van der Waals surface area contributed by atoms with Crippen LogP contribution in [-0.4, -0.2) is 28.5 Å². The van der Waals surface area contributed by atoms with E-state index >= 15 is 0 Å². The lowest BCUT2D eigenvalue weighted by Gasteiger charge is -2.49. The standard InChI is InChI=1S/C20H21ClN4S2/c1-20(13-25(14-20)12-15-5-3-2-4-6-15)23-18-8-7-16(11-17(18)21)27-24-19-22-9-10-26-19/h2-11,23H,12-14H2,1H3,(H,22,24). The molecule has 1 saturated heterocycles. The molecule has 0 amide bonds. The molecular weight excluding hydrogens is 396 g/mol. The Morgan fingerprint density at radius 1 is 1.22 bits per heavy atom. The number of nitrogens with one attached hydrogen (secondary N) is 2. The second kappa shape index (κ2) is 8.10. The third kappa shape index (κ3) is 4.76. The van der Waals surface area contributed by atoms with Gasteiger partial charge in [-0.25, -0.2) is 4.98 Å². The van der Waals surface area contributed by atoms with E-state index < -0.39 is 0 Å². The Bertz CT molecular complexity index is 880. The third-order valence-corrected chi connectivity index (χ3v) is 6.38. The molecule has 2 aromatic carbocycles. The summed E-state index contributed by atoms with van der Waals surface area (Å²) in [5.74, 6) is 0. The van der Waals surface area contributed by atoms with Gasteiger partial charge in [0.25, 0.3) is 0 Å². The number of hydrogen-bond acceptors (Lipinski definition) is 6. The van der Waals surface area contributed by atoms with Gasteiger partial charge in [-0.2, -0.15) is 0 Å². The molecule has 1 aliphatic rings. The van der Waals surface area contributed by atoms with Crippen LogP contribution in [0.4, 0.5) is 10.8 Å². The van der Waals surface area contributed by atoms with Crippen LogP contribution in [0.2, 0.25) is 5.02 Å². The predicted octanol–water partition coefficient (Wildman–Crippen LogP) is 5.60. The second-order valence-electron chi connectivity index (χ2n) is 7.00. The molecule has 0 atom stereocenters. The number of nitrogens with zero attached hydrogens (tertiary/aromatic N) is 2. The van der Waals surface area contributed by atoms with Crippen LogP contribution in [0, 0.1) is 0 Å². The van der Waals surface area contributed by atoms with Gasteiger partial charge in [0.05, 0.1) is 16.2 Å². The quantitative estimate of drug-likeness (QED) is 0.490. The highest BCUT2D eigenvalue weighted by molar-refractivity contribution is 8.00. The van der Waals surface area contributed by atoms with E-state index in [4.69, 9.17) is 11.6 Å². The molecule has 2 N–H and O–H groups in total. The van der Waals surface area contributed by atoms with Crippen LogP contribution in [0.5, 0.6) is 0 Å². The average molecular weight is 417 g/mol. The molecule has 0 radical (unpaired) electrons. The Balaban J connectivity index is 1.31. The maximum absolute atomic E-state index is 6.51. The van der Waals surface area contributed by atoms with Crippen LogP contribution in [0.25, 0.3) is 0 Å². The van der Waals surface area contributed by atoms with E-state index in [1.54, 1.807) is 17.5 Å². The summed E-state index contributed by atoms with van der Waals surface area (Å²) in [6.45, 7) is 5.24. The zero-order valence-electron chi connectivity index (χ0n) is 15.0. The van der Waals surface area contributed by atoms with Crippen LogP contribution in [-0.2, 0) is 6.54 Å². The molecule has 2 heterocycles. The van der Waals surface area contributed by atoms with Crippen molar-refractivity contribution in [2.45, 2.75) is 23.9 Å². The number of aromatic nitrogens is 1. The van der Waals surface area contributed by atoms with Crippen LogP contribution in [0.3, 0.4) is 0 Å². The Labute approximate surface area is 173 Å². The number of thiazole rings is 1. The molecule has 0 saturated carbocycles. The molecule has 0 bridgehead atoms. The Kier molecular flexibility index (Phi) is 5.59. The minimum atomic E-state index is 0.0478. The summed E-state index contributed by atoms with van der Waals surface area (Å²) in [7, 11) is 0. The zero-order valence-corrected chi connectivity index (χ0v) is 17.4. The van der Waals surface area contributed by atoms with Gasteiger partial charge >= 0.3 is 0 Å². The van der Waals surface area contributed by atoms with Gasteiger partial charge in [0.2, 0.25) is 0 Å². The fourth-order valence-corrected chi connectivity index (χ4v) is 4.89. The summed E-state index contributed by atoms with van der Waals surface area (Å²) in [5, 5.41) is 7.20. The van der Waals surface area contributed by atoms with Crippen molar-refractivity contribution in [3.63, 3.8) is 0 Å². The number of rotatable bonds is 7. The lowest BCUT2D eigenvalue weighted by Crippen LogP contribution is -2.63. The fourth-order valence-electron chi connectivity index (χ4n) is 3.34. The van der Waals surface area contributed by atoms with Crippen molar-refractivity contribution < 1.29 is 0 Å². The van der Waals surface area contributed by atoms with E-state index in [-0.39, 0.29) is 5.54 Å². The fraction of sp³-hybridized carbons (Fsp3) is 0.250. The zero-order chi connectivity index (χ0) is 18.7. The SMILES string of the molecule is CC1(Nc2ccc(SNc3nccs3)cc2Cl)CN(Cc2ccccc2)C1. The Morgan fingerprint density at radius 2 is 2.04 bits per heavy atom. The summed E-state index contributed by atoms with van der Waals surface area (Å²) in [6, 6.07) is 16.7. The van der Waals surface area contributed by atoms with E-state index in [0.29, 0.717) is 0 Å². The summed E-state index contributed by atoms with van der Waals surface area (Å²) >= 11 is 9.61. The molecule has 140 valence electrons. The maximum atomic E-state index is 6.51. The molecule has 0 spiro atoms. The van der Waals surface area contributed by atoms with Crippen molar-refractivity contribution in [1.82, 2.24) is 9.88 Å². The highest BCUT2D eigenvalue weighted by Gasteiger charge is 2.38. The van der Waals surface area contributed by atoms with Crippen LogP contribution >= 0.6 is 34.9 Å². The summed E-state index contributed by atoms with van der Waals surface area (Å²) in [6.07, 6.45) is 1.79. The number of halogens is 1. The number of anilines is 2. The first kappa shape index (κ1) is 18.6. The molecule has 0 unspecified atom stereocenters. The minimum Gasteiger partial charge on any atom is -0.376 e. The van der Waals surface area contributed by atoms with Crippen LogP contribution in [0.15, 0.2) is 65.0 Å². The first-order chi connectivity index (χ1) is 13.1. The molecule has 3 aromatic rings. The highest BCUT2D eigenvalue weighted by Crippen LogP contribution is 2.33. The van der Waals surface area contributed by atoms with E-state index in [0.717, 1.165) is 40.4 Å². The molecule has 7 heteroatoms. The van der Waals surface area contributed by atoms with Crippen LogP contribution < -0.4 is 10.0 Å². The first-order valence-electron chi connectivity index (χ1n) is 8.76. The molecule has 4 rings (SSSR count). The molecule has 1 fully saturated rings. The molecular formula is C20H21ClN4S2. The van der Waals surface area contributed by atoms with Crippen molar-refractivity contribution in [1.29, 1.82) is 0 Å². The second-order valence-corrected chi connectivity index (χ2v) is 9.18. The van der Waals surface area contributed by atoms with E-state index in [1.165, 1.54) is 17.5 Å². The summed E-state index contributed by atoms with van der Waals surface area (Å²) in [5.41, 5.74) is 2.38. The van der Waals surface area contributed by atoms with Gasteiger partial charge < -0.3 is 10.0 Å². The van der Waals surface area contributed by atoms with Crippen molar-refractivity contribution in [3.05, 3.63) is 70.7 Å². The van der Waals surface area contributed by atoms with Crippen molar-refractivity contribution in [2.24, 2.45) is 0 Å². The van der Waals surface area contributed by atoms with E-state index in [2.05, 4.69) is 69.3 Å². The predicted molar refractivity (Wildman–Crippen MR) is 117 cm³/mol. The van der Waals surface area contributed by atoms with Gasteiger partial charge in [-0.15, -0.1) is 11.3 Å². The van der Waals surface area contributed by atoms with Gasteiger partial charge in [0, 0.05) is 36.1 Å². The normalized spacial score (nSPS) is 15.9. The third-order valence-electron chi connectivity index (χ3n) is 4.46. The summed E-state index contributed by atoms with van der Waals surface area (Å²) < 4.78 is 3.23. The molecule has 1 aromatic heterocycles. The van der Waals surface area contributed by atoms with Gasteiger partial charge in [-0.05, 0) is 42.6 Å². The lowest BCUT2D eigenvalue weighted by atomic mass is 9.91. The smallest absolute Gasteiger partial charge is 0.192 e. The molecule has 0 aliphatic carbocycles. The average Bonchev–Trinajstić information content (AvgIpc) is 3.15. The topological polar surface area (TPSA) is 40.2 Å². The maximum Gasteiger partial charge on any atom is 0.192 e. The van der Waals surface area contributed by atoms with E-state index in [1.807, 2.05) is 11.4 Å². The van der Waals surface area contributed by atoms with Gasteiger partial charge in [-0.3, -0.25) is 4.90 Å². The van der Waals surface area contributed by atoms with Crippen LogP contribution in [0.1, 0.15) is 12.5 Å². The number of benzene rings is 2. The largest absolute Gasteiger partial charge is 0.376 e. The van der Waals surface area contributed by atoms with Gasteiger partial charge in [-0.1, -0.05) is 41.9 Å². The molecule has 27 heavy (non-hydrogen) atoms. The molecule has 1 aliphatic heterocycles. The number of likely N-dealkylation sites (tertiary alicyclic amines) is 1. The number of hydrogen-bond donors (Lipinski definition) is 2. The minimum absolute atomic E-state index is 0.0478. The Hall–Kier alpha value is -1.73. The summed E-state index contributed by atoms with van der Waals surface area (Å²) in [4.78, 5) is 7.72. The Morgan fingerprint density at radius 3 is 2.74 bits per heavy atom. The lowest BCUT2D eigenvalue weighted by molar-refractivity contribution is 0.0906.